The first-order valence-corrected chi connectivity index (χ1v) is 6.22. The molecule has 0 fully saturated rings. The number of carbonyl (C=O) groups excluding carboxylic acids is 1. The van der Waals surface area contributed by atoms with E-state index in [0.29, 0.717) is 16.3 Å². The molecule has 0 bridgehead atoms. The predicted molar refractivity (Wildman–Crippen MR) is 101 cm³/mol. The van der Waals surface area contributed by atoms with Gasteiger partial charge in [-0.1, -0.05) is 17.7 Å². The van der Waals surface area contributed by atoms with E-state index in [9.17, 15) is 4.79 Å². The normalized spacial score (nSPS) is 10.3. The lowest BCUT2D eigenvalue weighted by molar-refractivity contribution is 0.102. The van der Waals surface area contributed by atoms with E-state index in [0.717, 1.165) is 5.56 Å². The molecule has 0 unspecified atom stereocenters. The van der Waals surface area contributed by atoms with Crippen LogP contribution >= 0.6 is 45.6 Å². The molecular weight excluding hydrogens is 437 g/mol. The second-order valence-corrected chi connectivity index (χ2v) is 4.63. The number of anilines is 1. The zero-order valence-electron chi connectivity index (χ0n) is 11.7. The van der Waals surface area contributed by atoms with Gasteiger partial charge in [-0.25, -0.2) is 0 Å². The summed E-state index contributed by atoms with van der Waals surface area (Å²) < 4.78 is 0. The molecule has 0 aliphatic rings. The average Bonchev–Trinajstić information content (AvgIpc) is 2.39. The second kappa shape index (κ2) is 10.7. The molecule has 1 aromatic carbocycles. The number of nitrogens with zero attached hydrogens (tertiary/aromatic N) is 1. The van der Waals surface area contributed by atoms with Crippen molar-refractivity contribution in [3.05, 3.63) is 58.9 Å². The van der Waals surface area contributed by atoms with Crippen molar-refractivity contribution in [1.29, 1.82) is 0 Å². The quantitative estimate of drug-likeness (QED) is 0.742. The van der Waals surface area contributed by atoms with E-state index in [1.54, 1.807) is 42.7 Å². The number of aromatic nitrogens is 1. The molecule has 5 nitrogen and oxygen atoms in total. The van der Waals surface area contributed by atoms with Crippen LogP contribution in [-0.4, -0.2) is 16.4 Å². The first-order valence-electron chi connectivity index (χ1n) is 5.84. The van der Waals surface area contributed by atoms with E-state index >= 15 is 0 Å². The maximum absolute atomic E-state index is 12.1. The lowest BCUT2D eigenvalue weighted by Crippen LogP contribution is -2.13. The fraction of sp³-hybridized carbons (Fsp3) is 0.143. The zero-order valence-corrected chi connectivity index (χ0v) is 15.9. The third kappa shape index (κ3) is 6.02. The van der Waals surface area contributed by atoms with Crippen LogP contribution in [0.3, 0.4) is 0 Å². The van der Waals surface area contributed by atoms with Crippen LogP contribution in [0.4, 0.5) is 5.69 Å². The Morgan fingerprint density at radius 2 is 1.82 bits per heavy atom. The summed E-state index contributed by atoms with van der Waals surface area (Å²) in [5, 5.41) is 3.14. The fourth-order valence-corrected chi connectivity index (χ4v) is 1.91. The Labute approximate surface area is 155 Å². The number of hydrogen-bond acceptors (Lipinski definition) is 3. The van der Waals surface area contributed by atoms with Crippen LogP contribution in [0.2, 0.25) is 5.02 Å². The van der Waals surface area contributed by atoms with E-state index in [2.05, 4.69) is 10.3 Å². The number of halogens is 3. The number of nitrogens with two attached hydrogens (primary N) is 1. The van der Waals surface area contributed by atoms with Gasteiger partial charge in [0.2, 0.25) is 0 Å². The molecule has 0 saturated carbocycles. The molecule has 22 heavy (non-hydrogen) atoms. The molecule has 0 aliphatic carbocycles. The zero-order chi connectivity index (χ0) is 13.8. The molecule has 122 valence electrons. The number of nitrogens with one attached hydrogen (secondary N) is 1. The van der Waals surface area contributed by atoms with Gasteiger partial charge in [0.15, 0.2) is 0 Å². The molecule has 2 aromatic rings. The van der Waals surface area contributed by atoms with Gasteiger partial charge in [0.25, 0.3) is 5.91 Å². The maximum Gasteiger partial charge on any atom is 0.257 e. The molecule has 1 aromatic heterocycles. The van der Waals surface area contributed by atoms with Gasteiger partial charge >= 0.3 is 0 Å². The van der Waals surface area contributed by atoms with Gasteiger partial charge in [-0.3, -0.25) is 9.78 Å². The van der Waals surface area contributed by atoms with Crippen molar-refractivity contribution >= 4 is 57.2 Å². The van der Waals surface area contributed by atoms with Gasteiger partial charge in [-0.15, -0.1) is 34.0 Å². The SMILES string of the molecule is Br.Br.C[C@@H](N)c1ccc(C(=O)Nc2ccncc2)c(Cl)c1.O. The predicted octanol–water partition coefficient (Wildman–Crippen LogP) is 3.34. The molecule has 8 heteroatoms. The molecule has 1 atom stereocenters. The van der Waals surface area contributed by atoms with Crippen LogP contribution < -0.4 is 11.1 Å². The minimum Gasteiger partial charge on any atom is -0.412 e. The largest absolute Gasteiger partial charge is 0.412 e. The smallest absolute Gasteiger partial charge is 0.257 e. The fourth-order valence-electron chi connectivity index (χ4n) is 1.63. The van der Waals surface area contributed by atoms with Gasteiger partial charge in [-0.05, 0) is 36.8 Å². The van der Waals surface area contributed by atoms with E-state index in [-0.39, 0.29) is 51.4 Å². The highest BCUT2D eigenvalue weighted by atomic mass is 79.9. The van der Waals surface area contributed by atoms with Gasteiger partial charge in [0, 0.05) is 24.1 Å². The number of carbonyl (C=O) groups is 1. The highest BCUT2D eigenvalue weighted by molar-refractivity contribution is 8.93. The monoisotopic (exact) mass is 453 g/mol. The van der Waals surface area contributed by atoms with Crippen LogP contribution in [0.25, 0.3) is 0 Å². The van der Waals surface area contributed by atoms with Crippen LogP contribution in [0, 0.1) is 0 Å². The molecule has 0 aliphatic heterocycles. The Morgan fingerprint density at radius 1 is 1.23 bits per heavy atom. The summed E-state index contributed by atoms with van der Waals surface area (Å²) in [5.74, 6) is -0.257. The average molecular weight is 456 g/mol. The summed E-state index contributed by atoms with van der Waals surface area (Å²) in [6.45, 7) is 1.86. The minimum absolute atomic E-state index is 0. The summed E-state index contributed by atoms with van der Waals surface area (Å²) in [5.41, 5.74) is 7.75. The third-order valence-corrected chi connectivity index (χ3v) is 3.01. The van der Waals surface area contributed by atoms with Gasteiger partial charge in [0.05, 0.1) is 10.6 Å². The highest BCUT2D eigenvalue weighted by Crippen LogP contribution is 2.22. The van der Waals surface area contributed by atoms with Crippen LogP contribution in [0.1, 0.15) is 28.9 Å². The maximum atomic E-state index is 12.1. The Hall–Kier alpha value is -0.990. The highest BCUT2D eigenvalue weighted by Gasteiger charge is 2.12. The Kier molecular flexibility index (Phi) is 11.3. The van der Waals surface area contributed by atoms with Crippen molar-refractivity contribution in [2.24, 2.45) is 5.73 Å². The topological polar surface area (TPSA) is 99.5 Å². The van der Waals surface area contributed by atoms with E-state index < -0.39 is 0 Å². The molecule has 0 radical (unpaired) electrons. The van der Waals surface area contributed by atoms with Crippen molar-refractivity contribution in [1.82, 2.24) is 4.98 Å². The number of benzene rings is 1. The Bertz CT molecular complexity index is 598. The number of hydrogen-bond donors (Lipinski definition) is 2. The molecular formula is C14H18Br2ClN3O2. The summed E-state index contributed by atoms with van der Waals surface area (Å²) in [6, 6.07) is 8.50. The van der Waals surface area contributed by atoms with Crippen molar-refractivity contribution in [3.63, 3.8) is 0 Å². The number of rotatable bonds is 3. The first kappa shape index (κ1) is 23.3. The Morgan fingerprint density at radius 3 is 2.32 bits per heavy atom. The van der Waals surface area contributed by atoms with Crippen molar-refractivity contribution in [2.45, 2.75) is 13.0 Å². The lowest BCUT2D eigenvalue weighted by atomic mass is 10.1. The third-order valence-electron chi connectivity index (χ3n) is 2.70. The molecule has 0 spiro atoms. The molecule has 2 rings (SSSR count). The second-order valence-electron chi connectivity index (χ2n) is 4.22. The first-order chi connectivity index (χ1) is 9.08. The molecule has 1 heterocycles. The minimum atomic E-state index is -0.257. The summed E-state index contributed by atoms with van der Waals surface area (Å²) in [4.78, 5) is 16.0. The lowest BCUT2D eigenvalue weighted by Gasteiger charge is -2.10. The molecule has 0 saturated heterocycles. The number of pyridine rings is 1. The van der Waals surface area contributed by atoms with Crippen LogP contribution in [0.15, 0.2) is 42.7 Å². The summed E-state index contributed by atoms with van der Waals surface area (Å²) in [6.07, 6.45) is 3.22. The standard InChI is InChI=1S/C14H14ClN3O.2BrH.H2O/c1-9(16)10-2-3-12(13(15)8-10)14(19)18-11-4-6-17-7-5-11;;;/h2-9H,16H2,1H3,(H,17,18,19);2*1H;1H2/t9-;;;/m1.../s1. The number of amides is 1. The van der Waals surface area contributed by atoms with Gasteiger partial charge in [0.1, 0.15) is 0 Å². The van der Waals surface area contributed by atoms with E-state index in [1.807, 2.05) is 6.92 Å². The van der Waals surface area contributed by atoms with E-state index in [1.165, 1.54) is 0 Å². The van der Waals surface area contributed by atoms with Crippen molar-refractivity contribution in [2.75, 3.05) is 5.32 Å². The van der Waals surface area contributed by atoms with Gasteiger partial charge in [-0.2, -0.15) is 0 Å². The molecule has 5 N–H and O–H groups in total. The molecule has 1 amide bonds. The summed E-state index contributed by atoms with van der Waals surface area (Å²) >= 11 is 6.11. The van der Waals surface area contributed by atoms with Gasteiger partial charge < -0.3 is 16.5 Å². The van der Waals surface area contributed by atoms with Crippen LogP contribution in [-0.2, 0) is 0 Å². The van der Waals surface area contributed by atoms with Crippen molar-refractivity contribution < 1.29 is 10.3 Å². The summed E-state index contributed by atoms with van der Waals surface area (Å²) in [7, 11) is 0. The van der Waals surface area contributed by atoms with Crippen LogP contribution in [0.5, 0.6) is 0 Å². The van der Waals surface area contributed by atoms with E-state index in [4.69, 9.17) is 17.3 Å². The van der Waals surface area contributed by atoms with Crippen molar-refractivity contribution in [3.8, 4) is 0 Å². The Balaban J connectivity index is 0.